The van der Waals surface area contributed by atoms with E-state index in [-0.39, 0.29) is 0 Å². The van der Waals surface area contributed by atoms with Gasteiger partial charge >= 0.3 is 0 Å². The van der Waals surface area contributed by atoms with E-state index in [1.807, 2.05) is 60.7 Å². The lowest BCUT2D eigenvalue weighted by atomic mass is 10.4. The highest BCUT2D eigenvalue weighted by molar-refractivity contribution is 8.62. The minimum atomic E-state index is -2.62. The molecule has 0 heterocycles. The van der Waals surface area contributed by atoms with Crippen LogP contribution in [0.4, 0.5) is 0 Å². The predicted molar refractivity (Wildman–Crippen MR) is 90.3 cm³/mol. The van der Waals surface area contributed by atoms with Crippen LogP contribution in [0.3, 0.4) is 0 Å². The number of unbranched alkanes of at least 4 members (excludes halogenated alkanes) is 1. The molecule has 0 aliphatic heterocycles. The van der Waals surface area contributed by atoms with Crippen LogP contribution < -0.4 is 10.6 Å². The lowest BCUT2D eigenvalue weighted by Crippen LogP contribution is -2.13. The largest absolute Gasteiger partial charge is 0.302 e. The van der Waals surface area contributed by atoms with Crippen molar-refractivity contribution in [3.63, 3.8) is 0 Å². The number of rotatable bonds is 6. The van der Waals surface area contributed by atoms with Crippen LogP contribution >= 0.6 is 17.7 Å². The van der Waals surface area contributed by atoms with Crippen LogP contribution in [0.5, 0.6) is 0 Å². The molecule has 0 aliphatic carbocycles. The van der Waals surface area contributed by atoms with Crippen molar-refractivity contribution >= 4 is 28.3 Å². The molecule has 20 heavy (non-hydrogen) atoms. The normalized spacial score (nSPS) is 10.9. The summed E-state index contributed by atoms with van der Waals surface area (Å²) in [4.78, 5) is 0. The van der Waals surface area contributed by atoms with E-state index in [0.717, 1.165) is 29.2 Å². The van der Waals surface area contributed by atoms with Gasteiger partial charge in [-0.15, -0.1) is 12.3 Å². The molecule has 0 fully saturated rings. The van der Waals surface area contributed by atoms with E-state index in [4.69, 9.17) is 6.42 Å². The van der Waals surface area contributed by atoms with Gasteiger partial charge < -0.3 is 4.57 Å². The molecular weight excluding hydrogens is 283 g/mol. The van der Waals surface area contributed by atoms with Crippen molar-refractivity contribution < 1.29 is 4.57 Å². The smallest absolute Gasteiger partial charge is 0.195 e. The average molecular weight is 300 g/mol. The molecule has 0 saturated carbocycles. The van der Waals surface area contributed by atoms with E-state index in [1.54, 1.807) is 0 Å². The van der Waals surface area contributed by atoms with Gasteiger partial charge in [0.25, 0.3) is 0 Å². The maximum absolute atomic E-state index is 13.5. The predicted octanol–water partition coefficient (Wildman–Crippen LogP) is 4.06. The summed E-state index contributed by atoms with van der Waals surface area (Å²) in [5.41, 5.74) is 0. The molecule has 2 aromatic rings. The second kappa shape index (κ2) is 7.39. The van der Waals surface area contributed by atoms with Crippen LogP contribution in [0, 0.1) is 12.3 Å². The summed E-state index contributed by atoms with van der Waals surface area (Å²) in [6.07, 6.45) is 4.28. The summed E-state index contributed by atoms with van der Waals surface area (Å²) in [6, 6.07) is 19.4. The van der Waals surface area contributed by atoms with Gasteiger partial charge in [-0.2, -0.15) is 0 Å². The second-order valence-corrected chi connectivity index (χ2v) is 9.48. The Kier molecular flexibility index (Phi) is 5.53. The monoisotopic (exact) mass is 300 g/mol. The minimum Gasteiger partial charge on any atom is -0.302 e. The van der Waals surface area contributed by atoms with Crippen LogP contribution in [0.25, 0.3) is 0 Å². The average Bonchev–Trinajstić information content (AvgIpc) is 2.53. The molecule has 0 saturated heterocycles. The standard InChI is InChI=1S/C17H17OPS/c1-2-3-10-15-20-19(18,16-11-6-4-7-12-16)17-13-8-5-9-14-17/h1,4-9,11-14H,3,10,15H2. The topological polar surface area (TPSA) is 17.1 Å². The summed E-state index contributed by atoms with van der Waals surface area (Å²) in [5.74, 6) is 3.44. The fourth-order valence-electron chi connectivity index (χ4n) is 1.91. The molecular formula is C17H17OPS. The van der Waals surface area contributed by atoms with Gasteiger partial charge in [-0.1, -0.05) is 72.0 Å². The number of hydrogen-bond donors (Lipinski definition) is 0. The van der Waals surface area contributed by atoms with E-state index in [1.165, 1.54) is 11.4 Å². The Morgan fingerprint density at radius 1 is 0.950 bits per heavy atom. The summed E-state index contributed by atoms with van der Waals surface area (Å²) in [6.45, 7) is 0. The Hall–Kier alpha value is -1.42. The second-order valence-electron chi connectivity index (χ2n) is 4.36. The zero-order valence-electron chi connectivity index (χ0n) is 11.2. The quantitative estimate of drug-likeness (QED) is 0.454. The molecule has 0 radical (unpaired) electrons. The van der Waals surface area contributed by atoms with Gasteiger partial charge in [0.2, 0.25) is 0 Å². The lowest BCUT2D eigenvalue weighted by molar-refractivity contribution is 0.595. The lowest BCUT2D eigenvalue weighted by Gasteiger charge is -2.18. The summed E-state index contributed by atoms with van der Waals surface area (Å²) in [5, 5.41) is 1.80. The van der Waals surface area contributed by atoms with Gasteiger partial charge in [0.05, 0.1) is 0 Å². The maximum atomic E-state index is 13.5. The highest BCUT2D eigenvalue weighted by atomic mass is 32.7. The van der Waals surface area contributed by atoms with E-state index < -0.39 is 6.34 Å². The molecule has 0 aliphatic rings. The van der Waals surface area contributed by atoms with Crippen LogP contribution in [-0.4, -0.2) is 5.75 Å². The van der Waals surface area contributed by atoms with Crippen molar-refractivity contribution in [3.8, 4) is 12.3 Å². The first-order valence-corrected chi connectivity index (χ1v) is 9.86. The van der Waals surface area contributed by atoms with Gasteiger partial charge in [0.15, 0.2) is 6.34 Å². The SMILES string of the molecule is C#CCCCSP(=O)(c1ccccc1)c1ccccc1. The minimum absolute atomic E-state index is 0.733. The zero-order chi connectivity index (χ0) is 14.3. The van der Waals surface area contributed by atoms with Crippen molar-refractivity contribution in [2.75, 3.05) is 5.75 Å². The highest BCUT2D eigenvalue weighted by Crippen LogP contribution is 2.56. The number of terminal acetylenes is 1. The highest BCUT2D eigenvalue weighted by Gasteiger charge is 2.27. The Labute approximate surface area is 124 Å². The van der Waals surface area contributed by atoms with E-state index in [9.17, 15) is 4.57 Å². The van der Waals surface area contributed by atoms with Crippen molar-refractivity contribution in [1.29, 1.82) is 0 Å². The first kappa shape index (κ1) is 15.0. The third-order valence-electron chi connectivity index (χ3n) is 2.93. The summed E-state index contributed by atoms with van der Waals surface area (Å²) in [7, 11) is 0. The first-order valence-electron chi connectivity index (χ1n) is 6.56. The molecule has 2 rings (SSSR count). The first-order chi connectivity index (χ1) is 9.77. The molecule has 0 unspecified atom stereocenters. The van der Waals surface area contributed by atoms with Crippen molar-refractivity contribution in [2.24, 2.45) is 0 Å². The Bertz CT molecular complexity index is 573. The van der Waals surface area contributed by atoms with Gasteiger partial charge in [0.1, 0.15) is 0 Å². The van der Waals surface area contributed by atoms with Gasteiger partial charge in [-0.25, -0.2) is 0 Å². The van der Waals surface area contributed by atoms with Crippen molar-refractivity contribution in [1.82, 2.24) is 0 Å². The van der Waals surface area contributed by atoms with Crippen molar-refractivity contribution in [3.05, 3.63) is 60.7 Å². The third kappa shape index (κ3) is 3.57. The molecule has 3 heteroatoms. The van der Waals surface area contributed by atoms with E-state index in [0.29, 0.717) is 0 Å². The van der Waals surface area contributed by atoms with Crippen LogP contribution in [0.2, 0.25) is 0 Å². The molecule has 1 nitrogen and oxygen atoms in total. The third-order valence-corrected chi connectivity index (χ3v) is 8.63. The molecule has 2 aromatic carbocycles. The number of benzene rings is 2. The summed E-state index contributed by atoms with van der Waals surface area (Å²) >= 11 is 1.53. The molecule has 0 bridgehead atoms. The van der Waals surface area contributed by atoms with E-state index >= 15 is 0 Å². The molecule has 0 amide bonds. The molecule has 0 N–H and O–H groups in total. The zero-order valence-corrected chi connectivity index (χ0v) is 12.9. The van der Waals surface area contributed by atoms with Crippen molar-refractivity contribution in [2.45, 2.75) is 12.8 Å². The van der Waals surface area contributed by atoms with Gasteiger partial charge in [-0.3, -0.25) is 0 Å². The Morgan fingerprint density at radius 2 is 1.45 bits per heavy atom. The molecule has 0 spiro atoms. The molecule has 102 valence electrons. The molecule has 0 aromatic heterocycles. The number of hydrogen-bond acceptors (Lipinski definition) is 2. The maximum Gasteiger partial charge on any atom is 0.195 e. The fourth-order valence-corrected chi connectivity index (χ4v) is 6.95. The Balaban J connectivity index is 2.30. The molecule has 0 atom stereocenters. The Morgan fingerprint density at radius 3 is 1.90 bits per heavy atom. The summed E-state index contributed by atoms with van der Waals surface area (Å²) < 4.78 is 13.5. The fraction of sp³-hybridized carbons (Fsp3) is 0.176. The van der Waals surface area contributed by atoms with E-state index in [2.05, 4.69) is 5.92 Å². The van der Waals surface area contributed by atoms with Crippen LogP contribution in [-0.2, 0) is 4.57 Å². The van der Waals surface area contributed by atoms with Crippen LogP contribution in [0.1, 0.15) is 12.8 Å². The van der Waals surface area contributed by atoms with Gasteiger partial charge in [-0.05, 0) is 6.42 Å². The van der Waals surface area contributed by atoms with Gasteiger partial charge in [0, 0.05) is 22.8 Å². The van der Waals surface area contributed by atoms with Crippen LogP contribution in [0.15, 0.2) is 60.7 Å².